The molecule has 2 N–H and O–H groups in total. The van der Waals surface area contributed by atoms with Gasteiger partial charge < -0.3 is 19.4 Å². The summed E-state index contributed by atoms with van der Waals surface area (Å²) in [5.41, 5.74) is 0. The second kappa shape index (κ2) is 57.9. The summed E-state index contributed by atoms with van der Waals surface area (Å²) in [7, 11) is 1.47. The molecule has 0 aromatic rings. The summed E-state index contributed by atoms with van der Waals surface area (Å²) in [5, 5.41) is 3.03. The van der Waals surface area contributed by atoms with Crippen molar-refractivity contribution < 1.29 is 37.3 Å². The zero-order chi connectivity index (χ0) is 57.2. The number of carbonyl (C=O) groups is 2. The van der Waals surface area contributed by atoms with Crippen LogP contribution in [-0.2, 0) is 27.9 Å². The van der Waals surface area contributed by atoms with Crippen molar-refractivity contribution in [3.8, 4) is 0 Å². The quantitative estimate of drug-likeness (QED) is 0.0205. The number of nitrogens with zero attached hydrogens (tertiary/aromatic N) is 1. The fraction of sp³-hybridized carbons (Fsp3) is 0.824. The molecule has 1 amide bonds. The van der Waals surface area contributed by atoms with E-state index < -0.39 is 20.0 Å². The van der Waals surface area contributed by atoms with Gasteiger partial charge >= 0.3 is 13.8 Å². The monoisotopic (exact) mass is 1120 g/mol. The molecule has 456 valence electrons. The topological polar surface area (TPSA) is 111 Å². The highest BCUT2D eigenvalue weighted by molar-refractivity contribution is 7.47. The van der Waals surface area contributed by atoms with Crippen LogP contribution in [0.1, 0.15) is 310 Å². The van der Waals surface area contributed by atoms with E-state index in [0.29, 0.717) is 17.4 Å². The van der Waals surface area contributed by atoms with Gasteiger partial charge in [0, 0.05) is 12.8 Å². The molecule has 0 radical (unpaired) electrons. The summed E-state index contributed by atoms with van der Waals surface area (Å²) < 4.78 is 30.7. The number of unbranched alkanes of at least 4 members (excludes halogenated alkanes) is 36. The predicted octanol–water partition coefficient (Wildman–Crippen LogP) is 20.6. The molecule has 0 heterocycles. The number of likely N-dealkylation sites (N-methyl/N-ethyl adjacent to an activating group) is 1. The predicted molar refractivity (Wildman–Crippen MR) is 337 cm³/mol. The van der Waals surface area contributed by atoms with Crippen molar-refractivity contribution in [3.63, 3.8) is 0 Å². The summed E-state index contributed by atoms with van der Waals surface area (Å²) in [6, 6.07) is -0.876. The third-order valence-corrected chi connectivity index (χ3v) is 15.7. The normalized spacial score (nSPS) is 14.0. The number of nitrogens with one attached hydrogen (secondary N) is 1. The van der Waals surface area contributed by atoms with Gasteiger partial charge in [-0.05, 0) is 70.3 Å². The molecule has 0 aromatic heterocycles. The van der Waals surface area contributed by atoms with Crippen molar-refractivity contribution in [2.24, 2.45) is 0 Å². The average Bonchev–Trinajstić information content (AvgIpc) is 3.40. The Morgan fingerprint density at radius 3 is 1.22 bits per heavy atom. The number of allylic oxidation sites excluding steroid dienone is 9. The van der Waals surface area contributed by atoms with Gasteiger partial charge in [0.15, 0.2) is 0 Å². The van der Waals surface area contributed by atoms with E-state index >= 15 is 0 Å². The van der Waals surface area contributed by atoms with Crippen LogP contribution in [0.15, 0.2) is 60.8 Å². The summed E-state index contributed by atoms with van der Waals surface area (Å²) in [6.45, 7) is 6.97. The Morgan fingerprint density at radius 1 is 0.449 bits per heavy atom. The summed E-state index contributed by atoms with van der Waals surface area (Å²) in [6.07, 6.45) is 73.8. The second-order valence-corrected chi connectivity index (χ2v) is 25.1. The number of phosphoric ester groups is 1. The maximum Gasteiger partial charge on any atom is 0.472 e. The fourth-order valence-electron chi connectivity index (χ4n) is 9.58. The van der Waals surface area contributed by atoms with Crippen LogP contribution in [0.25, 0.3) is 0 Å². The maximum atomic E-state index is 13.5. The zero-order valence-electron chi connectivity index (χ0n) is 52.2. The second-order valence-electron chi connectivity index (χ2n) is 23.6. The molecule has 0 bridgehead atoms. The Morgan fingerprint density at radius 2 is 0.795 bits per heavy atom. The Balaban J connectivity index is 5.19. The molecule has 0 aliphatic heterocycles. The number of hydrogen-bond acceptors (Lipinski definition) is 6. The molecule has 10 heteroatoms. The van der Waals surface area contributed by atoms with Gasteiger partial charge in [-0.15, -0.1) is 0 Å². The Hall–Kier alpha value is -2.29. The molecule has 0 saturated heterocycles. The molecular formula is C68H128N2O7P+. The van der Waals surface area contributed by atoms with Crippen molar-refractivity contribution in [2.75, 3.05) is 40.9 Å². The molecule has 3 unspecified atom stereocenters. The molecule has 3 atom stereocenters. The van der Waals surface area contributed by atoms with E-state index in [1.165, 1.54) is 205 Å². The van der Waals surface area contributed by atoms with Crippen LogP contribution < -0.4 is 5.32 Å². The van der Waals surface area contributed by atoms with Crippen LogP contribution in [0.3, 0.4) is 0 Å². The average molecular weight is 1120 g/mol. The van der Waals surface area contributed by atoms with E-state index in [1.54, 1.807) is 0 Å². The van der Waals surface area contributed by atoms with Gasteiger partial charge in [0.2, 0.25) is 5.91 Å². The minimum Gasteiger partial charge on any atom is -0.456 e. The first kappa shape index (κ1) is 75.7. The van der Waals surface area contributed by atoms with Gasteiger partial charge in [-0.3, -0.25) is 18.6 Å². The lowest BCUT2D eigenvalue weighted by Crippen LogP contribution is -2.47. The van der Waals surface area contributed by atoms with Gasteiger partial charge in [-0.2, -0.15) is 0 Å². The lowest BCUT2D eigenvalue weighted by Gasteiger charge is -2.27. The molecule has 0 aliphatic carbocycles. The largest absolute Gasteiger partial charge is 0.472 e. The lowest BCUT2D eigenvalue weighted by molar-refractivity contribution is -0.870. The minimum absolute atomic E-state index is 0.0303. The molecule has 9 nitrogen and oxygen atoms in total. The number of carbonyl (C=O) groups excluding carboxylic acids is 2. The highest BCUT2D eigenvalue weighted by atomic mass is 31.2. The Bertz CT molecular complexity index is 1520. The molecule has 78 heavy (non-hydrogen) atoms. The highest BCUT2D eigenvalue weighted by Crippen LogP contribution is 2.43. The van der Waals surface area contributed by atoms with E-state index in [0.717, 1.165) is 64.2 Å². The Kier molecular flexibility index (Phi) is 56.2. The zero-order valence-corrected chi connectivity index (χ0v) is 53.1. The van der Waals surface area contributed by atoms with Gasteiger partial charge in [-0.1, -0.05) is 287 Å². The lowest BCUT2D eigenvalue weighted by atomic mass is 10.0. The number of esters is 1. The van der Waals surface area contributed by atoms with E-state index in [4.69, 9.17) is 13.8 Å². The van der Waals surface area contributed by atoms with E-state index in [2.05, 4.69) is 74.7 Å². The first-order valence-electron chi connectivity index (χ1n) is 33.1. The van der Waals surface area contributed by atoms with Crippen LogP contribution in [-0.4, -0.2) is 74.3 Å². The summed E-state index contributed by atoms with van der Waals surface area (Å²) >= 11 is 0. The SMILES string of the molecule is CCCCC/C=C\C/C=C\C/C=C\C/C=C\CCCC(=O)NC(COP(=O)(O)OCC[N+](C)(C)C)C(/C=C\CCCCCCCCCCCC)OC(=O)CCCCCCCCCCCCCCCCCCCCCCCCC. The molecule has 0 saturated carbocycles. The van der Waals surface area contributed by atoms with Crippen molar-refractivity contribution in [2.45, 2.75) is 322 Å². The highest BCUT2D eigenvalue weighted by Gasteiger charge is 2.30. The summed E-state index contributed by atoms with van der Waals surface area (Å²) in [4.78, 5) is 37.7. The van der Waals surface area contributed by atoms with Crippen molar-refractivity contribution in [3.05, 3.63) is 60.8 Å². The number of phosphoric acid groups is 1. The number of amides is 1. The van der Waals surface area contributed by atoms with Crippen LogP contribution >= 0.6 is 7.82 Å². The van der Waals surface area contributed by atoms with E-state index in [9.17, 15) is 19.0 Å². The number of hydrogen-bond donors (Lipinski definition) is 2. The fourth-order valence-corrected chi connectivity index (χ4v) is 10.3. The third-order valence-electron chi connectivity index (χ3n) is 14.7. The standard InChI is InChI=1S/C68H127N2O7P/c1-7-10-13-16-19-22-25-28-30-32-33-34-35-36-37-39-41-43-46-49-52-55-58-61-68(72)77-66(59-56-53-50-47-44-27-24-21-18-15-12-9-3)65(64-76-78(73,74)75-63-62-70(4,5)6)69-67(71)60-57-54-51-48-45-42-40-38-31-29-26-23-20-17-14-11-8-2/h20,23,29,31,40,42,48,51,56,59,65-66H,7-19,21-22,24-28,30,32-39,41,43-47,49-50,52-55,57-58,60-64H2,1-6H3,(H-,69,71,73,74)/p+1/b23-20-,31-29-,42-40-,51-48-,59-56-. The number of quaternary nitrogens is 1. The smallest absolute Gasteiger partial charge is 0.456 e. The van der Waals surface area contributed by atoms with Crippen LogP contribution in [0.4, 0.5) is 0 Å². The molecule has 0 aromatic carbocycles. The van der Waals surface area contributed by atoms with Gasteiger partial charge in [0.1, 0.15) is 19.3 Å². The molecule has 0 aliphatic rings. The number of ether oxygens (including phenoxy) is 1. The third kappa shape index (κ3) is 58.4. The van der Waals surface area contributed by atoms with E-state index in [1.807, 2.05) is 33.3 Å². The molecule has 0 spiro atoms. The minimum atomic E-state index is -4.46. The molecule has 0 fully saturated rings. The van der Waals surface area contributed by atoms with Crippen LogP contribution in [0.5, 0.6) is 0 Å². The number of rotatable bonds is 60. The molecular weight excluding hydrogens is 988 g/mol. The van der Waals surface area contributed by atoms with Gasteiger partial charge in [0.05, 0.1) is 33.8 Å². The molecule has 0 rings (SSSR count). The van der Waals surface area contributed by atoms with Crippen LogP contribution in [0, 0.1) is 0 Å². The van der Waals surface area contributed by atoms with Gasteiger partial charge in [-0.25, -0.2) is 4.57 Å². The van der Waals surface area contributed by atoms with Crippen LogP contribution in [0.2, 0.25) is 0 Å². The first-order valence-corrected chi connectivity index (χ1v) is 34.6. The van der Waals surface area contributed by atoms with Crippen molar-refractivity contribution >= 4 is 19.7 Å². The maximum absolute atomic E-state index is 13.5. The van der Waals surface area contributed by atoms with Gasteiger partial charge in [0.25, 0.3) is 0 Å². The summed E-state index contributed by atoms with van der Waals surface area (Å²) in [5.74, 6) is -0.560. The van der Waals surface area contributed by atoms with Crippen molar-refractivity contribution in [1.29, 1.82) is 0 Å². The van der Waals surface area contributed by atoms with E-state index in [-0.39, 0.29) is 37.9 Å². The van der Waals surface area contributed by atoms with Crippen molar-refractivity contribution in [1.82, 2.24) is 5.32 Å². The first-order chi connectivity index (χ1) is 37.9. The Labute approximate surface area is 483 Å².